The molecule has 2 N–H and O–H groups in total. The number of carbonyl (C=O) groups is 1. The predicted molar refractivity (Wildman–Crippen MR) is 102 cm³/mol. The molecule has 0 aliphatic carbocycles. The molecule has 0 saturated heterocycles. The smallest absolute Gasteiger partial charge is 0.317 e. The third kappa shape index (κ3) is 3.12. The van der Waals surface area contributed by atoms with E-state index >= 15 is 0 Å². The van der Waals surface area contributed by atoms with Gasteiger partial charge in [-0.1, -0.05) is 0 Å². The van der Waals surface area contributed by atoms with Crippen LogP contribution in [0.2, 0.25) is 0 Å². The van der Waals surface area contributed by atoms with Gasteiger partial charge in [0.25, 0.3) is 0 Å². The van der Waals surface area contributed by atoms with Gasteiger partial charge in [0, 0.05) is 34.8 Å². The first-order valence-electron chi connectivity index (χ1n) is 8.00. The van der Waals surface area contributed by atoms with Crippen LogP contribution >= 0.6 is 27.3 Å². The highest BCUT2D eigenvalue weighted by molar-refractivity contribution is 9.10. The summed E-state index contributed by atoms with van der Waals surface area (Å²) < 4.78 is 13.7. The molecule has 0 radical (unpaired) electrons. The fourth-order valence-corrected chi connectivity index (χ4v) is 3.97. The van der Waals surface area contributed by atoms with Gasteiger partial charge < -0.3 is 10.2 Å². The molecule has 26 heavy (non-hydrogen) atoms. The zero-order valence-corrected chi connectivity index (χ0v) is 16.2. The monoisotopic (exact) mass is 435 g/mol. The number of nitrogens with zero attached hydrogens (tertiary/aromatic N) is 3. The summed E-state index contributed by atoms with van der Waals surface area (Å²) in [5, 5.41) is 12.2. The van der Waals surface area contributed by atoms with E-state index in [4.69, 9.17) is 0 Å². The third-order valence-electron chi connectivity index (χ3n) is 4.42. The van der Waals surface area contributed by atoms with E-state index in [2.05, 4.69) is 36.4 Å². The molecule has 2 amide bonds. The van der Waals surface area contributed by atoms with Crippen molar-refractivity contribution in [1.29, 1.82) is 0 Å². The van der Waals surface area contributed by atoms with Gasteiger partial charge >= 0.3 is 6.03 Å². The molecule has 0 saturated carbocycles. The molecule has 0 bridgehead atoms. The largest absolute Gasteiger partial charge is 0.322 e. The fourth-order valence-electron chi connectivity index (χ4n) is 3.05. The Hall–Kier alpha value is -2.26. The molecule has 6 nitrogen and oxygen atoms in total. The molecule has 1 atom stereocenters. The molecule has 4 rings (SSSR count). The molecular formula is C17H15BrFN5OS. The third-order valence-corrected chi connectivity index (χ3v) is 5.61. The van der Waals surface area contributed by atoms with Gasteiger partial charge in [-0.15, -0.1) is 11.3 Å². The second-order valence-corrected chi connectivity index (χ2v) is 7.72. The van der Waals surface area contributed by atoms with E-state index < -0.39 is 0 Å². The van der Waals surface area contributed by atoms with Crippen molar-refractivity contribution in [2.45, 2.75) is 25.9 Å². The summed E-state index contributed by atoms with van der Waals surface area (Å²) >= 11 is 4.64. The van der Waals surface area contributed by atoms with Gasteiger partial charge in [0.2, 0.25) is 0 Å². The first-order valence-corrected chi connectivity index (χ1v) is 9.74. The maximum absolute atomic E-state index is 13.4. The Morgan fingerprint density at radius 1 is 1.50 bits per heavy atom. The number of rotatable bonds is 2. The summed E-state index contributed by atoms with van der Waals surface area (Å²) in [5.41, 5.74) is 5.92. The SMILES string of the molecule is C[C@H]1Cc2[nH]nc(-c3cscn3)c2CN1C(=O)Nc1ccc(F)c(Br)c1. The molecule has 134 valence electrons. The molecule has 1 aromatic carbocycles. The van der Waals surface area contributed by atoms with E-state index in [1.807, 2.05) is 12.3 Å². The first-order chi connectivity index (χ1) is 12.5. The summed E-state index contributed by atoms with van der Waals surface area (Å²) in [5.74, 6) is -0.370. The molecule has 3 heterocycles. The van der Waals surface area contributed by atoms with Crippen molar-refractivity contribution >= 4 is 39.0 Å². The van der Waals surface area contributed by atoms with Crippen LogP contribution in [0.4, 0.5) is 14.9 Å². The van der Waals surface area contributed by atoms with E-state index in [1.165, 1.54) is 23.5 Å². The number of fused-ring (bicyclic) bond motifs is 1. The van der Waals surface area contributed by atoms with E-state index in [-0.39, 0.29) is 17.9 Å². The highest BCUT2D eigenvalue weighted by Gasteiger charge is 2.31. The molecule has 1 aliphatic rings. The fraction of sp³-hybridized carbons (Fsp3) is 0.235. The van der Waals surface area contributed by atoms with Crippen LogP contribution in [0.25, 0.3) is 11.4 Å². The van der Waals surface area contributed by atoms with Gasteiger partial charge in [0.05, 0.1) is 16.5 Å². The highest BCUT2D eigenvalue weighted by Crippen LogP contribution is 2.31. The number of hydrogen-bond acceptors (Lipinski definition) is 4. The van der Waals surface area contributed by atoms with Crippen LogP contribution in [-0.4, -0.2) is 32.2 Å². The summed E-state index contributed by atoms with van der Waals surface area (Å²) in [7, 11) is 0. The van der Waals surface area contributed by atoms with Crippen LogP contribution < -0.4 is 5.32 Å². The highest BCUT2D eigenvalue weighted by atomic mass is 79.9. The number of hydrogen-bond donors (Lipinski definition) is 2. The van der Waals surface area contributed by atoms with Gasteiger partial charge in [-0.3, -0.25) is 5.10 Å². The number of halogens is 2. The number of nitrogens with one attached hydrogen (secondary N) is 2. The lowest BCUT2D eigenvalue weighted by Crippen LogP contribution is -2.44. The van der Waals surface area contributed by atoms with Crippen LogP contribution in [0.15, 0.2) is 33.6 Å². The number of urea groups is 1. The lowest BCUT2D eigenvalue weighted by molar-refractivity contribution is 0.182. The Kier molecular flexibility index (Phi) is 4.49. The van der Waals surface area contributed by atoms with Crippen LogP contribution in [0.1, 0.15) is 18.2 Å². The van der Waals surface area contributed by atoms with E-state index in [1.54, 1.807) is 16.5 Å². The summed E-state index contributed by atoms with van der Waals surface area (Å²) in [6, 6.07) is 4.18. The maximum atomic E-state index is 13.4. The lowest BCUT2D eigenvalue weighted by Gasteiger charge is -2.33. The second kappa shape index (κ2) is 6.81. The number of thiazole rings is 1. The number of anilines is 1. The van der Waals surface area contributed by atoms with Crippen LogP contribution in [-0.2, 0) is 13.0 Å². The van der Waals surface area contributed by atoms with Gasteiger partial charge in [0.1, 0.15) is 17.2 Å². The van der Waals surface area contributed by atoms with Crippen molar-refractivity contribution in [3.8, 4) is 11.4 Å². The number of carbonyl (C=O) groups excluding carboxylic acids is 1. The van der Waals surface area contributed by atoms with Crippen molar-refractivity contribution in [2.75, 3.05) is 5.32 Å². The van der Waals surface area contributed by atoms with Crippen molar-refractivity contribution in [2.24, 2.45) is 0 Å². The van der Waals surface area contributed by atoms with Gasteiger partial charge in [-0.2, -0.15) is 5.10 Å². The second-order valence-electron chi connectivity index (χ2n) is 6.14. The topological polar surface area (TPSA) is 73.9 Å². The maximum Gasteiger partial charge on any atom is 0.322 e. The van der Waals surface area contributed by atoms with Crippen LogP contribution in [0.3, 0.4) is 0 Å². The number of benzene rings is 1. The molecule has 9 heteroatoms. The van der Waals surface area contributed by atoms with Crippen molar-refractivity contribution in [3.05, 3.63) is 50.6 Å². The van der Waals surface area contributed by atoms with Gasteiger partial charge in [-0.25, -0.2) is 14.2 Å². The lowest BCUT2D eigenvalue weighted by atomic mass is 9.99. The molecule has 0 unspecified atom stereocenters. The van der Waals surface area contributed by atoms with Crippen LogP contribution in [0, 0.1) is 5.82 Å². The number of amides is 2. The van der Waals surface area contributed by atoms with Crippen LogP contribution in [0.5, 0.6) is 0 Å². The molecule has 3 aromatic rings. The number of aromatic amines is 1. The normalized spacial score (nSPS) is 16.4. The average molecular weight is 436 g/mol. The Balaban J connectivity index is 1.57. The van der Waals surface area contributed by atoms with Gasteiger partial charge in [0.15, 0.2) is 0 Å². The van der Waals surface area contributed by atoms with Crippen molar-refractivity contribution in [1.82, 2.24) is 20.1 Å². The minimum Gasteiger partial charge on any atom is -0.317 e. The Bertz CT molecular complexity index is 958. The molecule has 0 fully saturated rings. The molecule has 2 aromatic heterocycles. The first kappa shape index (κ1) is 17.2. The zero-order valence-electron chi connectivity index (χ0n) is 13.8. The van der Waals surface area contributed by atoms with Gasteiger partial charge in [-0.05, 0) is 41.1 Å². The number of H-pyrrole nitrogens is 1. The van der Waals surface area contributed by atoms with E-state index in [0.29, 0.717) is 23.1 Å². The molecule has 0 spiro atoms. The minimum absolute atomic E-state index is 0.00937. The Morgan fingerprint density at radius 3 is 3.08 bits per heavy atom. The predicted octanol–water partition coefficient (Wildman–Crippen LogP) is 4.41. The Labute approximate surface area is 161 Å². The molecular weight excluding hydrogens is 421 g/mol. The van der Waals surface area contributed by atoms with Crippen molar-refractivity contribution < 1.29 is 9.18 Å². The number of aromatic nitrogens is 3. The van der Waals surface area contributed by atoms with E-state index in [9.17, 15) is 9.18 Å². The summed E-state index contributed by atoms with van der Waals surface area (Å²) in [6.07, 6.45) is 0.688. The summed E-state index contributed by atoms with van der Waals surface area (Å²) in [6.45, 7) is 2.43. The minimum atomic E-state index is -0.370. The van der Waals surface area contributed by atoms with E-state index in [0.717, 1.165) is 22.6 Å². The zero-order chi connectivity index (χ0) is 18.3. The summed E-state index contributed by atoms with van der Waals surface area (Å²) in [4.78, 5) is 18.8. The molecule has 1 aliphatic heterocycles. The standard InChI is InChI=1S/C17H15BrFN5OS/c1-9-4-14-11(16(23-22-14)15-7-26-8-20-15)6-24(9)17(25)21-10-2-3-13(19)12(18)5-10/h2-3,5,7-9H,4,6H2,1H3,(H,21,25)(H,22,23)/t9-/m0/s1. The Morgan fingerprint density at radius 2 is 2.35 bits per heavy atom. The van der Waals surface area contributed by atoms with Crippen molar-refractivity contribution in [3.63, 3.8) is 0 Å². The quantitative estimate of drug-likeness (QED) is 0.625. The average Bonchev–Trinajstić information content (AvgIpc) is 3.26.